The van der Waals surface area contributed by atoms with Crippen molar-refractivity contribution in [3.05, 3.63) is 29.8 Å². The van der Waals surface area contributed by atoms with Crippen LogP contribution in [0.3, 0.4) is 0 Å². The number of nitrogens with one attached hydrogen (secondary N) is 2. The molecule has 1 atom stereocenters. The molecule has 0 bridgehead atoms. The van der Waals surface area contributed by atoms with Gasteiger partial charge in [-0.15, -0.1) is 10.2 Å². The van der Waals surface area contributed by atoms with Crippen LogP contribution < -0.4 is 10.6 Å². The molecule has 156 valence electrons. The maximum Gasteiger partial charge on any atom is 0.242 e. The van der Waals surface area contributed by atoms with E-state index in [9.17, 15) is 9.59 Å². The summed E-state index contributed by atoms with van der Waals surface area (Å²) in [7, 11) is 1.89. The lowest BCUT2D eigenvalue weighted by atomic mass is 9.87. The fourth-order valence-corrected chi connectivity index (χ4v) is 3.98. The standard InChI is InChI=1S/C21H29N5O2S/c1-21(2,3)15-10-8-14(9-11-15)18-24-25-20(26(18)4)29-13-17(27)23-16-7-5-6-12-22-19(16)28/h8-11,16H,5-7,12-13H2,1-4H3,(H,22,28)(H,23,27). The number of benzene rings is 1. The van der Waals surface area contributed by atoms with Gasteiger partial charge in [0, 0.05) is 19.2 Å². The van der Waals surface area contributed by atoms with E-state index in [1.165, 1.54) is 17.3 Å². The zero-order chi connectivity index (χ0) is 21.0. The summed E-state index contributed by atoms with van der Waals surface area (Å²) in [5, 5.41) is 14.8. The summed E-state index contributed by atoms with van der Waals surface area (Å²) in [6.07, 6.45) is 2.56. The van der Waals surface area contributed by atoms with E-state index in [4.69, 9.17) is 0 Å². The molecular formula is C21H29N5O2S. The third-order valence-corrected chi connectivity index (χ3v) is 6.07. The van der Waals surface area contributed by atoms with Gasteiger partial charge in [0.25, 0.3) is 0 Å². The minimum atomic E-state index is -0.443. The number of hydrogen-bond acceptors (Lipinski definition) is 5. The monoisotopic (exact) mass is 415 g/mol. The van der Waals surface area contributed by atoms with Crippen molar-refractivity contribution >= 4 is 23.6 Å². The molecular weight excluding hydrogens is 386 g/mol. The summed E-state index contributed by atoms with van der Waals surface area (Å²) in [6.45, 7) is 7.23. The topological polar surface area (TPSA) is 88.9 Å². The van der Waals surface area contributed by atoms with E-state index < -0.39 is 6.04 Å². The Kier molecular flexibility index (Phi) is 6.62. The summed E-state index contributed by atoms with van der Waals surface area (Å²) in [5.41, 5.74) is 2.35. The molecule has 1 aliphatic rings. The lowest BCUT2D eigenvalue weighted by molar-refractivity contribution is -0.127. The van der Waals surface area contributed by atoms with Crippen molar-refractivity contribution in [1.29, 1.82) is 0 Å². The van der Waals surface area contributed by atoms with Gasteiger partial charge in [-0.2, -0.15) is 0 Å². The van der Waals surface area contributed by atoms with Crippen LogP contribution in [0.5, 0.6) is 0 Å². The van der Waals surface area contributed by atoms with Crippen LogP contribution in [-0.2, 0) is 22.1 Å². The Balaban J connectivity index is 1.61. The average molecular weight is 416 g/mol. The van der Waals surface area contributed by atoms with Crippen LogP contribution in [0.2, 0.25) is 0 Å². The molecule has 1 aliphatic heterocycles. The van der Waals surface area contributed by atoms with Gasteiger partial charge in [-0.1, -0.05) is 56.8 Å². The minimum absolute atomic E-state index is 0.0968. The number of aromatic nitrogens is 3. The SMILES string of the molecule is Cn1c(SCC(=O)NC2CCCCNC2=O)nnc1-c1ccc(C(C)(C)C)cc1. The first-order valence-electron chi connectivity index (χ1n) is 9.96. The van der Waals surface area contributed by atoms with Crippen LogP contribution in [0.25, 0.3) is 11.4 Å². The van der Waals surface area contributed by atoms with E-state index in [2.05, 4.69) is 65.9 Å². The van der Waals surface area contributed by atoms with Gasteiger partial charge in [0.1, 0.15) is 6.04 Å². The van der Waals surface area contributed by atoms with E-state index >= 15 is 0 Å². The highest BCUT2D eigenvalue weighted by molar-refractivity contribution is 7.99. The van der Waals surface area contributed by atoms with Gasteiger partial charge in [-0.25, -0.2) is 0 Å². The zero-order valence-corrected chi connectivity index (χ0v) is 18.3. The van der Waals surface area contributed by atoms with E-state index in [1.54, 1.807) is 0 Å². The fraction of sp³-hybridized carbons (Fsp3) is 0.524. The number of hydrogen-bond donors (Lipinski definition) is 2. The zero-order valence-electron chi connectivity index (χ0n) is 17.5. The molecule has 2 amide bonds. The Morgan fingerprint density at radius 2 is 1.97 bits per heavy atom. The van der Waals surface area contributed by atoms with Crippen molar-refractivity contribution in [2.75, 3.05) is 12.3 Å². The first-order chi connectivity index (χ1) is 13.8. The molecule has 1 aromatic carbocycles. The molecule has 0 aliphatic carbocycles. The van der Waals surface area contributed by atoms with E-state index in [-0.39, 0.29) is 23.0 Å². The number of carbonyl (C=O) groups is 2. The summed E-state index contributed by atoms with van der Waals surface area (Å²) in [5.74, 6) is 0.687. The van der Waals surface area contributed by atoms with Crippen LogP contribution in [0, 0.1) is 0 Å². The van der Waals surface area contributed by atoms with Crippen molar-refractivity contribution in [3.8, 4) is 11.4 Å². The third kappa shape index (κ3) is 5.38. The highest BCUT2D eigenvalue weighted by Crippen LogP contribution is 2.27. The molecule has 2 N–H and O–H groups in total. The highest BCUT2D eigenvalue weighted by atomic mass is 32.2. The van der Waals surface area contributed by atoms with Crippen molar-refractivity contribution in [3.63, 3.8) is 0 Å². The molecule has 8 heteroatoms. The lowest BCUT2D eigenvalue weighted by Gasteiger charge is -2.19. The first kappa shape index (κ1) is 21.4. The first-order valence-corrected chi connectivity index (χ1v) is 10.9. The van der Waals surface area contributed by atoms with Gasteiger partial charge < -0.3 is 15.2 Å². The second kappa shape index (κ2) is 8.98. The van der Waals surface area contributed by atoms with Crippen LogP contribution in [-0.4, -0.2) is 44.9 Å². The molecule has 29 heavy (non-hydrogen) atoms. The highest BCUT2D eigenvalue weighted by Gasteiger charge is 2.23. The predicted molar refractivity (Wildman–Crippen MR) is 115 cm³/mol. The summed E-state index contributed by atoms with van der Waals surface area (Å²) < 4.78 is 1.89. The Bertz CT molecular complexity index is 870. The molecule has 2 heterocycles. The Morgan fingerprint density at radius 1 is 1.24 bits per heavy atom. The number of rotatable bonds is 5. The maximum absolute atomic E-state index is 12.3. The molecule has 0 spiro atoms. The van der Waals surface area contributed by atoms with Gasteiger partial charge in [-0.05, 0) is 30.2 Å². The maximum atomic E-state index is 12.3. The molecule has 1 saturated heterocycles. The second-order valence-electron chi connectivity index (χ2n) is 8.39. The van der Waals surface area contributed by atoms with E-state index in [0.29, 0.717) is 18.1 Å². The average Bonchev–Trinajstić information content (AvgIpc) is 2.92. The van der Waals surface area contributed by atoms with Crippen LogP contribution in [0.1, 0.15) is 45.6 Å². The largest absolute Gasteiger partial charge is 0.354 e. The number of carbonyl (C=O) groups excluding carboxylic acids is 2. The normalized spacial score (nSPS) is 17.5. The minimum Gasteiger partial charge on any atom is -0.354 e. The summed E-state index contributed by atoms with van der Waals surface area (Å²) in [4.78, 5) is 24.3. The second-order valence-corrected chi connectivity index (χ2v) is 9.33. The molecule has 0 radical (unpaired) electrons. The molecule has 1 unspecified atom stereocenters. The van der Waals surface area contributed by atoms with Crippen molar-refractivity contribution < 1.29 is 9.59 Å². The Labute approximate surface area is 176 Å². The molecule has 2 aromatic rings. The van der Waals surface area contributed by atoms with Crippen molar-refractivity contribution in [1.82, 2.24) is 25.4 Å². The summed E-state index contributed by atoms with van der Waals surface area (Å²) >= 11 is 1.32. The number of thioether (sulfide) groups is 1. The van der Waals surface area contributed by atoms with Gasteiger partial charge in [0.2, 0.25) is 11.8 Å². The van der Waals surface area contributed by atoms with Crippen molar-refractivity contribution in [2.45, 2.75) is 56.6 Å². The van der Waals surface area contributed by atoms with Gasteiger partial charge >= 0.3 is 0 Å². The van der Waals surface area contributed by atoms with Crippen LogP contribution in [0.4, 0.5) is 0 Å². The Hall–Kier alpha value is -2.35. The quantitative estimate of drug-likeness (QED) is 0.733. The van der Waals surface area contributed by atoms with Gasteiger partial charge in [-0.3, -0.25) is 9.59 Å². The molecule has 7 nitrogen and oxygen atoms in total. The molecule has 1 fully saturated rings. The van der Waals surface area contributed by atoms with Crippen LogP contribution >= 0.6 is 11.8 Å². The predicted octanol–water partition coefficient (Wildman–Crippen LogP) is 2.66. The molecule has 0 saturated carbocycles. The van der Waals surface area contributed by atoms with E-state index in [0.717, 1.165) is 24.2 Å². The molecule has 1 aromatic heterocycles. The lowest BCUT2D eigenvalue weighted by Crippen LogP contribution is -2.46. The number of amides is 2. The summed E-state index contributed by atoms with van der Waals surface area (Å²) in [6, 6.07) is 7.89. The fourth-order valence-electron chi connectivity index (χ4n) is 3.25. The van der Waals surface area contributed by atoms with Crippen molar-refractivity contribution in [2.24, 2.45) is 7.05 Å². The Morgan fingerprint density at radius 3 is 2.66 bits per heavy atom. The van der Waals surface area contributed by atoms with Crippen LogP contribution in [0.15, 0.2) is 29.4 Å². The van der Waals surface area contributed by atoms with Gasteiger partial charge in [0.05, 0.1) is 5.75 Å². The smallest absolute Gasteiger partial charge is 0.242 e. The number of nitrogens with zero attached hydrogens (tertiary/aromatic N) is 3. The molecule has 3 rings (SSSR count). The third-order valence-electron chi connectivity index (χ3n) is 5.05. The van der Waals surface area contributed by atoms with Gasteiger partial charge in [0.15, 0.2) is 11.0 Å². The van der Waals surface area contributed by atoms with E-state index in [1.807, 2.05) is 11.6 Å².